The Morgan fingerprint density at radius 3 is 2.52 bits per heavy atom. The number of aldehydes is 1. The standard InChI is InChI=1S/C19H15FO2S/c1-22-18-9-6-14(19-3-2-10-23-19)11-16(18)17(12-21)13-4-7-15(20)8-5-13/h2-12,17H,1H3. The molecule has 0 saturated carbocycles. The Bertz CT molecular complexity index is 795. The minimum absolute atomic E-state index is 0.322. The summed E-state index contributed by atoms with van der Waals surface area (Å²) in [6.07, 6.45) is 0.864. The minimum Gasteiger partial charge on any atom is -0.496 e. The number of thiophene rings is 1. The first-order chi connectivity index (χ1) is 11.2. The van der Waals surface area contributed by atoms with Gasteiger partial charge in [-0.1, -0.05) is 18.2 Å². The lowest BCUT2D eigenvalue weighted by Gasteiger charge is -2.16. The fourth-order valence-electron chi connectivity index (χ4n) is 2.58. The van der Waals surface area contributed by atoms with Crippen molar-refractivity contribution in [2.24, 2.45) is 0 Å². The molecule has 116 valence electrons. The predicted octanol–water partition coefficient (Wildman–Crippen LogP) is 4.89. The van der Waals surface area contributed by atoms with Crippen LogP contribution in [-0.2, 0) is 4.79 Å². The Kier molecular flexibility index (Phi) is 4.53. The van der Waals surface area contributed by atoms with Crippen molar-refractivity contribution in [3.63, 3.8) is 0 Å². The van der Waals surface area contributed by atoms with E-state index < -0.39 is 5.92 Å². The summed E-state index contributed by atoms with van der Waals surface area (Å²) in [5, 5.41) is 2.01. The van der Waals surface area contributed by atoms with Gasteiger partial charge in [0.1, 0.15) is 17.9 Å². The summed E-state index contributed by atoms with van der Waals surface area (Å²) in [5.41, 5.74) is 2.55. The quantitative estimate of drug-likeness (QED) is 0.624. The van der Waals surface area contributed by atoms with Gasteiger partial charge >= 0.3 is 0 Å². The molecular formula is C19H15FO2S. The fourth-order valence-corrected chi connectivity index (χ4v) is 3.30. The number of ether oxygens (including phenoxy) is 1. The fraction of sp³-hybridized carbons (Fsp3) is 0.105. The summed E-state index contributed by atoms with van der Waals surface area (Å²) in [7, 11) is 1.58. The predicted molar refractivity (Wildman–Crippen MR) is 90.6 cm³/mol. The second-order valence-electron chi connectivity index (χ2n) is 5.10. The van der Waals surface area contributed by atoms with Gasteiger partial charge in [0, 0.05) is 10.4 Å². The molecule has 0 spiro atoms. The normalized spacial score (nSPS) is 11.9. The lowest BCUT2D eigenvalue weighted by molar-refractivity contribution is -0.108. The van der Waals surface area contributed by atoms with Crippen LogP contribution < -0.4 is 4.74 Å². The topological polar surface area (TPSA) is 26.3 Å². The average Bonchev–Trinajstić information content (AvgIpc) is 3.12. The van der Waals surface area contributed by atoms with Gasteiger partial charge in [-0.2, -0.15) is 0 Å². The molecule has 1 atom stereocenters. The Labute approximate surface area is 138 Å². The van der Waals surface area contributed by atoms with Crippen LogP contribution in [0.3, 0.4) is 0 Å². The number of carbonyl (C=O) groups is 1. The van der Waals surface area contributed by atoms with Crippen molar-refractivity contribution in [2.45, 2.75) is 5.92 Å². The third-order valence-corrected chi connectivity index (χ3v) is 4.65. The number of benzene rings is 2. The molecule has 2 aromatic carbocycles. The molecule has 0 fully saturated rings. The Hall–Kier alpha value is -2.46. The first-order valence-corrected chi connectivity index (χ1v) is 8.03. The van der Waals surface area contributed by atoms with E-state index in [1.807, 2.05) is 35.7 Å². The van der Waals surface area contributed by atoms with Gasteiger partial charge in [0.2, 0.25) is 0 Å². The highest BCUT2D eigenvalue weighted by Crippen LogP contribution is 2.35. The molecule has 0 saturated heterocycles. The molecule has 2 nitrogen and oxygen atoms in total. The first kappa shape index (κ1) is 15.4. The maximum Gasteiger partial charge on any atom is 0.131 e. The van der Waals surface area contributed by atoms with Gasteiger partial charge in [0.15, 0.2) is 0 Å². The number of halogens is 1. The third-order valence-electron chi connectivity index (χ3n) is 3.74. The zero-order chi connectivity index (χ0) is 16.2. The van der Waals surface area contributed by atoms with Crippen LogP contribution in [0.25, 0.3) is 10.4 Å². The van der Waals surface area contributed by atoms with E-state index in [0.29, 0.717) is 5.75 Å². The van der Waals surface area contributed by atoms with Crippen molar-refractivity contribution in [1.82, 2.24) is 0 Å². The summed E-state index contributed by atoms with van der Waals surface area (Å²) in [6.45, 7) is 0. The molecule has 0 bridgehead atoms. The number of hydrogen-bond acceptors (Lipinski definition) is 3. The van der Waals surface area contributed by atoms with Gasteiger partial charge < -0.3 is 9.53 Å². The molecule has 0 aliphatic carbocycles. The molecule has 3 aromatic rings. The van der Waals surface area contributed by atoms with E-state index in [9.17, 15) is 9.18 Å². The first-order valence-electron chi connectivity index (χ1n) is 7.15. The molecule has 0 amide bonds. The summed E-state index contributed by atoms with van der Waals surface area (Å²) in [6, 6.07) is 15.8. The molecule has 23 heavy (non-hydrogen) atoms. The van der Waals surface area contributed by atoms with Gasteiger partial charge in [-0.15, -0.1) is 11.3 Å². The van der Waals surface area contributed by atoms with Crippen LogP contribution in [0.2, 0.25) is 0 Å². The molecule has 1 unspecified atom stereocenters. The largest absolute Gasteiger partial charge is 0.496 e. The van der Waals surface area contributed by atoms with Crippen molar-refractivity contribution in [2.75, 3.05) is 7.11 Å². The summed E-state index contributed by atoms with van der Waals surface area (Å²) in [4.78, 5) is 12.8. The Morgan fingerprint density at radius 1 is 1.13 bits per heavy atom. The second-order valence-corrected chi connectivity index (χ2v) is 6.05. The van der Waals surface area contributed by atoms with Crippen molar-refractivity contribution in [1.29, 1.82) is 0 Å². The maximum absolute atomic E-state index is 13.1. The van der Waals surface area contributed by atoms with Gasteiger partial charge in [-0.3, -0.25) is 0 Å². The van der Waals surface area contributed by atoms with Gasteiger partial charge in [0.05, 0.1) is 13.0 Å². The lowest BCUT2D eigenvalue weighted by Crippen LogP contribution is -2.05. The molecule has 0 aliphatic rings. The van der Waals surface area contributed by atoms with Crippen LogP contribution in [0.15, 0.2) is 60.0 Å². The van der Waals surface area contributed by atoms with E-state index in [0.717, 1.165) is 27.9 Å². The third kappa shape index (κ3) is 3.17. The zero-order valence-electron chi connectivity index (χ0n) is 12.5. The van der Waals surface area contributed by atoms with Crippen LogP contribution in [0, 0.1) is 5.82 Å². The van der Waals surface area contributed by atoms with Crippen LogP contribution in [-0.4, -0.2) is 13.4 Å². The highest BCUT2D eigenvalue weighted by molar-refractivity contribution is 7.13. The summed E-state index contributed by atoms with van der Waals surface area (Å²) < 4.78 is 18.6. The van der Waals surface area contributed by atoms with Gasteiger partial charge in [-0.05, 0) is 52.9 Å². The number of carbonyl (C=O) groups excluding carboxylic acids is 1. The lowest BCUT2D eigenvalue weighted by atomic mass is 9.90. The van der Waals surface area contributed by atoms with E-state index in [4.69, 9.17) is 4.74 Å². The van der Waals surface area contributed by atoms with Crippen LogP contribution in [0.1, 0.15) is 17.0 Å². The number of methoxy groups -OCH3 is 1. The van der Waals surface area contributed by atoms with Crippen molar-refractivity contribution in [3.05, 3.63) is 76.9 Å². The van der Waals surface area contributed by atoms with E-state index in [2.05, 4.69) is 0 Å². The molecule has 0 N–H and O–H groups in total. The molecule has 0 aliphatic heterocycles. The molecule has 3 rings (SSSR count). The van der Waals surface area contributed by atoms with Crippen molar-refractivity contribution >= 4 is 17.6 Å². The van der Waals surface area contributed by atoms with Crippen molar-refractivity contribution in [3.8, 4) is 16.2 Å². The van der Waals surface area contributed by atoms with E-state index >= 15 is 0 Å². The highest BCUT2D eigenvalue weighted by atomic mass is 32.1. The summed E-state index contributed by atoms with van der Waals surface area (Å²) in [5.74, 6) is -0.171. The maximum atomic E-state index is 13.1. The summed E-state index contributed by atoms with van der Waals surface area (Å²) >= 11 is 1.64. The van der Waals surface area contributed by atoms with Crippen LogP contribution >= 0.6 is 11.3 Å². The molecule has 0 radical (unpaired) electrons. The van der Waals surface area contributed by atoms with Gasteiger partial charge in [-0.25, -0.2) is 4.39 Å². The van der Waals surface area contributed by atoms with E-state index in [-0.39, 0.29) is 5.82 Å². The smallest absolute Gasteiger partial charge is 0.131 e. The Balaban J connectivity index is 2.09. The minimum atomic E-state index is -0.495. The van der Waals surface area contributed by atoms with E-state index in [1.165, 1.54) is 12.1 Å². The number of hydrogen-bond donors (Lipinski definition) is 0. The van der Waals surface area contributed by atoms with Gasteiger partial charge in [0.25, 0.3) is 0 Å². The van der Waals surface area contributed by atoms with E-state index in [1.54, 1.807) is 30.6 Å². The molecule has 4 heteroatoms. The molecule has 1 aromatic heterocycles. The average molecular weight is 326 g/mol. The van der Waals surface area contributed by atoms with Crippen molar-refractivity contribution < 1.29 is 13.9 Å². The highest BCUT2D eigenvalue weighted by Gasteiger charge is 2.19. The Morgan fingerprint density at radius 2 is 1.91 bits per heavy atom. The van der Waals surface area contributed by atoms with Crippen LogP contribution in [0.5, 0.6) is 5.75 Å². The monoisotopic (exact) mass is 326 g/mol. The number of rotatable bonds is 5. The second kappa shape index (κ2) is 6.75. The molecule has 1 heterocycles. The molecular weight excluding hydrogens is 311 g/mol. The van der Waals surface area contributed by atoms with Crippen LogP contribution in [0.4, 0.5) is 4.39 Å². The zero-order valence-corrected chi connectivity index (χ0v) is 13.3. The SMILES string of the molecule is COc1ccc(-c2cccs2)cc1C(C=O)c1ccc(F)cc1.